The first kappa shape index (κ1) is 12.6. The zero-order chi connectivity index (χ0) is 13.0. The summed E-state index contributed by atoms with van der Waals surface area (Å²) in [7, 11) is 0. The van der Waals surface area contributed by atoms with Crippen LogP contribution in [0.4, 0.5) is 0 Å². The Balaban J connectivity index is 1.99. The van der Waals surface area contributed by atoms with Gasteiger partial charge in [0.25, 0.3) is 0 Å². The number of aliphatic hydroxyl groups is 1. The molecule has 1 fully saturated rings. The SMILES string of the molecule is O=C1N[C@@H](Cc2ccccc2)C(=O)N[C@H]1CCO. The first-order chi connectivity index (χ1) is 8.70. The number of carbonyl (C=O) groups excluding carboxylic acids is 2. The lowest BCUT2D eigenvalue weighted by Crippen LogP contribution is -2.62. The minimum atomic E-state index is -0.616. The summed E-state index contributed by atoms with van der Waals surface area (Å²) in [5.41, 5.74) is 0.999. The van der Waals surface area contributed by atoms with Gasteiger partial charge in [0, 0.05) is 13.0 Å². The molecule has 1 aromatic rings. The number of hydrogen-bond acceptors (Lipinski definition) is 3. The van der Waals surface area contributed by atoms with Crippen LogP contribution < -0.4 is 10.6 Å². The van der Waals surface area contributed by atoms with Crippen LogP contribution in [-0.2, 0) is 16.0 Å². The molecule has 0 saturated carbocycles. The van der Waals surface area contributed by atoms with E-state index in [0.29, 0.717) is 6.42 Å². The van der Waals surface area contributed by atoms with Crippen molar-refractivity contribution < 1.29 is 14.7 Å². The molecular weight excluding hydrogens is 232 g/mol. The average molecular weight is 248 g/mol. The molecule has 1 saturated heterocycles. The molecule has 0 radical (unpaired) electrons. The molecule has 0 unspecified atom stereocenters. The second-order valence-corrected chi connectivity index (χ2v) is 4.32. The Morgan fingerprint density at radius 2 is 1.61 bits per heavy atom. The summed E-state index contributed by atoms with van der Waals surface area (Å²) in [6, 6.07) is 8.38. The van der Waals surface area contributed by atoms with E-state index in [2.05, 4.69) is 10.6 Å². The first-order valence-electron chi connectivity index (χ1n) is 5.96. The minimum Gasteiger partial charge on any atom is -0.396 e. The predicted octanol–water partition coefficient (Wildman–Crippen LogP) is -0.405. The third-order valence-electron chi connectivity index (χ3n) is 2.97. The highest BCUT2D eigenvalue weighted by molar-refractivity contribution is 5.97. The molecule has 1 heterocycles. The number of piperazine rings is 1. The van der Waals surface area contributed by atoms with Crippen LogP contribution in [0.1, 0.15) is 12.0 Å². The molecule has 0 bridgehead atoms. The monoisotopic (exact) mass is 248 g/mol. The molecule has 2 rings (SSSR count). The van der Waals surface area contributed by atoms with Crippen LogP contribution in [0.25, 0.3) is 0 Å². The Bertz CT molecular complexity index is 433. The summed E-state index contributed by atoms with van der Waals surface area (Å²) in [5.74, 6) is -0.429. The Hall–Kier alpha value is -1.88. The summed E-state index contributed by atoms with van der Waals surface area (Å²) in [5, 5.41) is 14.1. The molecule has 5 nitrogen and oxygen atoms in total. The molecule has 0 aliphatic carbocycles. The lowest BCUT2D eigenvalue weighted by atomic mass is 10.0. The topological polar surface area (TPSA) is 78.4 Å². The summed E-state index contributed by atoms with van der Waals surface area (Å²) >= 11 is 0. The van der Waals surface area contributed by atoms with Crippen molar-refractivity contribution in [1.82, 2.24) is 10.6 Å². The van der Waals surface area contributed by atoms with Gasteiger partial charge in [-0.3, -0.25) is 9.59 Å². The molecule has 0 aromatic heterocycles. The maximum atomic E-state index is 11.8. The quantitative estimate of drug-likeness (QED) is 0.678. The third kappa shape index (κ3) is 2.87. The lowest BCUT2D eigenvalue weighted by Gasteiger charge is -2.29. The predicted molar refractivity (Wildman–Crippen MR) is 65.7 cm³/mol. The number of aliphatic hydroxyl groups excluding tert-OH is 1. The van der Waals surface area contributed by atoms with Gasteiger partial charge < -0.3 is 15.7 Å². The van der Waals surface area contributed by atoms with Crippen molar-refractivity contribution in [2.75, 3.05) is 6.61 Å². The van der Waals surface area contributed by atoms with Gasteiger partial charge >= 0.3 is 0 Å². The number of benzene rings is 1. The molecule has 1 aliphatic rings. The van der Waals surface area contributed by atoms with E-state index in [1.807, 2.05) is 30.3 Å². The van der Waals surface area contributed by atoms with Crippen LogP contribution in [0.2, 0.25) is 0 Å². The molecule has 0 spiro atoms. The zero-order valence-electron chi connectivity index (χ0n) is 9.93. The van der Waals surface area contributed by atoms with E-state index in [-0.39, 0.29) is 24.8 Å². The number of nitrogens with one attached hydrogen (secondary N) is 2. The van der Waals surface area contributed by atoms with Gasteiger partial charge in [0.05, 0.1) is 0 Å². The normalized spacial score (nSPS) is 23.4. The zero-order valence-corrected chi connectivity index (χ0v) is 9.93. The fraction of sp³-hybridized carbons (Fsp3) is 0.385. The molecule has 1 aromatic carbocycles. The van der Waals surface area contributed by atoms with Crippen LogP contribution in [0.5, 0.6) is 0 Å². The summed E-state index contributed by atoms with van der Waals surface area (Å²) in [4.78, 5) is 23.5. The summed E-state index contributed by atoms with van der Waals surface area (Å²) in [6.07, 6.45) is 0.722. The van der Waals surface area contributed by atoms with Crippen molar-refractivity contribution in [2.45, 2.75) is 24.9 Å². The van der Waals surface area contributed by atoms with E-state index in [1.54, 1.807) is 0 Å². The van der Waals surface area contributed by atoms with Gasteiger partial charge in [0.15, 0.2) is 0 Å². The molecule has 1 aliphatic heterocycles. The van der Waals surface area contributed by atoms with E-state index >= 15 is 0 Å². The number of carbonyl (C=O) groups is 2. The Kier molecular flexibility index (Phi) is 3.94. The Morgan fingerprint density at radius 3 is 2.28 bits per heavy atom. The maximum absolute atomic E-state index is 11.8. The molecular formula is C13H16N2O3. The highest BCUT2D eigenvalue weighted by Gasteiger charge is 2.32. The minimum absolute atomic E-state index is 0.123. The largest absolute Gasteiger partial charge is 0.396 e. The molecule has 3 N–H and O–H groups in total. The van der Waals surface area contributed by atoms with Crippen molar-refractivity contribution in [1.29, 1.82) is 0 Å². The van der Waals surface area contributed by atoms with Crippen LogP contribution in [-0.4, -0.2) is 35.6 Å². The number of hydrogen-bond donors (Lipinski definition) is 3. The molecule has 2 atom stereocenters. The fourth-order valence-electron chi connectivity index (χ4n) is 2.00. The van der Waals surface area contributed by atoms with Gasteiger partial charge in [-0.05, 0) is 12.0 Å². The van der Waals surface area contributed by atoms with E-state index < -0.39 is 12.1 Å². The smallest absolute Gasteiger partial charge is 0.243 e. The number of amides is 2. The van der Waals surface area contributed by atoms with Crippen molar-refractivity contribution in [3.63, 3.8) is 0 Å². The first-order valence-corrected chi connectivity index (χ1v) is 5.96. The highest BCUT2D eigenvalue weighted by Crippen LogP contribution is 2.07. The molecule has 5 heteroatoms. The standard InChI is InChI=1S/C13H16N2O3/c16-7-6-10-12(17)15-11(13(18)14-10)8-9-4-2-1-3-5-9/h1-5,10-11,16H,6-8H2,(H,14,18)(H,15,17)/t10-,11-/m0/s1. The third-order valence-corrected chi connectivity index (χ3v) is 2.97. The van der Waals surface area contributed by atoms with Gasteiger partial charge in [0.2, 0.25) is 11.8 Å². The van der Waals surface area contributed by atoms with Gasteiger partial charge in [0.1, 0.15) is 12.1 Å². The van der Waals surface area contributed by atoms with Crippen LogP contribution in [0.3, 0.4) is 0 Å². The van der Waals surface area contributed by atoms with Crippen LogP contribution in [0.15, 0.2) is 30.3 Å². The van der Waals surface area contributed by atoms with Crippen molar-refractivity contribution in [3.8, 4) is 0 Å². The van der Waals surface area contributed by atoms with Crippen LogP contribution >= 0.6 is 0 Å². The van der Waals surface area contributed by atoms with Crippen molar-refractivity contribution in [3.05, 3.63) is 35.9 Å². The van der Waals surface area contributed by atoms with Gasteiger partial charge in [-0.25, -0.2) is 0 Å². The van der Waals surface area contributed by atoms with Gasteiger partial charge in [-0.2, -0.15) is 0 Å². The van der Waals surface area contributed by atoms with Crippen molar-refractivity contribution in [2.24, 2.45) is 0 Å². The summed E-state index contributed by atoms with van der Waals surface area (Å²) in [6.45, 7) is -0.123. The van der Waals surface area contributed by atoms with Gasteiger partial charge in [-0.15, -0.1) is 0 Å². The Morgan fingerprint density at radius 1 is 1.00 bits per heavy atom. The molecule has 2 amide bonds. The van der Waals surface area contributed by atoms with Crippen LogP contribution in [0, 0.1) is 0 Å². The van der Waals surface area contributed by atoms with E-state index in [1.165, 1.54) is 0 Å². The Labute approximate surface area is 105 Å². The second kappa shape index (κ2) is 5.64. The molecule has 18 heavy (non-hydrogen) atoms. The second-order valence-electron chi connectivity index (χ2n) is 4.32. The summed E-state index contributed by atoms with van der Waals surface area (Å²) < 4.78 is 0. The molecule has 96 valence electrons. The highest BCUT2D eigenvalue weighted by atomic mass is 16.3. The fourth-order valence-corrected chi connectivity index (χ4v) is 2.00. The van der Waals surface area contributed by atoms with E-state index in [9.17, 15) is 9.59 Å². The van der Waals surface area contributed by atoms with Crippen molar-refractivity contribution >= 4 is 11.8 Å². The lowest BCUT2D eigenvalue weighted by molar-refractivity contribution is -0.137. The number of rotatable bonds is 4. The van der Waals surface area contributed by atoms with Gasteiger partial charge in [-0.1, -0.05) is 30.3 Å². The maximum Gasteiger partial charge on any atom is 0.243 e. The van der Waals surface area contributed by atoms with E-state index in [0.717, 1.165) is 5.56 Å². The average Bonchev–Trinajstić information content (AvgIpc) is 2.37. The van der Waals surface area contributed by atoms with E-state index in [4.69, 9.17) is 5.11 Å².